The maximum Gasteiger partial charge on any atom is 0.164 e. The molecule has 0 N–H and O–H groups in total. The van der Waals surface area contributed by atoms with Crippen LogP contribution in [-0.2, 0) is 0 Å². The van der Waals surface area contributed by atoms with E-state index in [2.05, 4.69) is 15.0 Å². The molecule has 174 valence electrons. The van der Waals surface area contributed by atoms with Crippen LogP contribution in [0.3, 0.4) is 0 Å². The Bertz CT molecular complexity index is 2380. The molecule has 7 aromatic rings. The van der Waals surface area contributed by atoms with Crippen LogP contribution in [0.2, 0.25) is 0 Å². The van der Waals surface area contributed by atoms with E-state index in [0.29, 0.717) is 11.1 Å². The smallest absolute Gasteiger partial charge is 0.164 e. The van der Waals surface area contributed by atoms with E-state index in [9.17, 15) is 1.37 Å². The van der Waals surface area contributed by atoms with Crippen LogP contribution in [0.25, 0.3) is 67.2 Å². The van der Waals surface area contributed by atoms with Gasteiger partial charge in [-0.25, -0.2) is 15.0 Å². The van der Waals surface area contributed by atoms with Gasteiger partial charge in [0, 0.05) is 27.5 Å². The maximum absolute atomic E-state index is 9.22. The van der Waals surface area contributed by atoms with Crippen molar-refractivity contribution in [3.63, 3.8) is 0 Å². The Morgan fingerprint density at radius 1 is 0.514 bits per heavy atom. The van der Waals surface area contributed by atoms with Crippen LogP contribution >= 0.6 is 0 Å². The molecule has 7 rings (SSSR count). The lowest BCUT2D eigenvalue weighted by atomic mass is 9.99. The SMILES string of the molecule is [2H]c1c([2H])c([2H])c(-c2c([2H])c([2H])c([2H])c3oc4c([2H])c(-c5nc(-c6ccccc6)nc(-c6ccccc6)n5)c([2H])c([2H])c4c23)c([2H])c1[2H]. The molecule has 4 heteroatoms. The minimum absolute atomic E-state index is 0.0899. The van der Waals surface area contributed by atoms with Crippen molar-refractivity contribution in [3.05, 3.63) is 127 Å². The van der Waals surface area contributed by atoms with E-state index < -0.39 is 72.0 Å². The third-order valence-electron chi connectivity index (χ3n) is 5.75. The van der Waals surface area contributed by atoms with Crippen LogP contribution in [0.4, 0.5) is 0 Å². The fourth-order valence-electron chi connectivity index (χ4n) is 4.04. The van der Waals surface area contributed by atoms with Gasteiger partial charge in [0.25, 0.3) is 0 Å². The van der Waals surface area contributed by atoms with Crippen molar-refractivity contribution >= 4 is 21.9 Å². The molecule has 0 unspecified atom stereocenters. The van der Waals surface area contributed by atoms with Gasteiger partial charge >= 0.3 is 0 Å². The molecule has 0 fully saturated rings. The zero-order chi connectivity index (χ0) is 34.2. The number of aromatic nitrogens is 3. The van der Waals surface area contributed by atoms with E-state index in [0.717, 1.165) is 0 Å². The lowest BCUT2D eigenvalue weighted by molar-refractivity contribution is 0.669. The molecule has 2 heterocycles. The van der Waals surface area contributed by atoms with Gasteiger partial charge in [-0.1, -0.05) is 109 Å². The molecule has 4 nitrogen and oxygen atoms in total. The van der Waals surface area contributed by atoms with Gasteiger partial charge < -0.3 is 4.42 Å². The Kier molecular flexibility index (Phi) is 3.05. The van der Waals surface area contributed by atoms with E-state index in [1.165, 1.54) is 0 Å². The van der Waals surface area contributed by atoms with Crippen LogP contribution in [0.5, 0.6) is 0 Å². The predicted octanol–water partition coefficient (Wildman–Crippen LogP) is 8.44. The van der Waals surface area contributed by atoms with E-state index in [1.54, 1.807) is 24.3 Å². The summed E-state index contributed by atoms with van der Waals surface area (Å²) in [6, 6.07) is 11.5. The molecule has 0 atom stereocenters. The highest BCUT2D eigenvalue weighted by Gasteiger charge is 2.16. The summed E-state index contributed by atoms with van der Waals surface area (Å²) >= 11 is 0. The van der Waals surface area contributed by atoms with Gasteiger partial charge in [-0.15, -0.1) is 0 Å². The second-order valence-electron chi connectivity index (χ2n) is 8.05. The van der Waals surface area contributed by atoms with Gasteiger partial charge in [0.15, 0.2) is 17.5 Å². The molecule has 0 bridgehead atoms. The zero-order valence-corrected chi connectivity index (χ0v) is 19.0. The minimum Gasteiger partial charge on any atom is -0.456 e. The van der Waals surface area contributed by atoms with Gasteiger partial charge in [0.1, 0.15) is 11.2 Å². The van der Waals surface area contributed by atoms with E-state index in [-0.39, 0.29) is 50.5 Å². The quantitative estimate of drug-likeness (QED) is 0.250. The Morgan fingerprint density at radius 3 is 1.78 bits per heavy atom. The molecule has 5 aromatic carbocycles. The molecule has 2 aromatic heterocycles. The Morgan fingerprint density at radius 2 is 1.14 bits per heavy atom. The van der Waals surface area contributed by atoms with Crippen molar-refractivity contribution in [2.24, 2.45) is 0 Å². The third-order valence-corrected chi connectivity index (χ3v) is 5.75. The van der Waals surface area contributed by atoms with Gasteiger partial charge in [-0.05, 0) is 29.3 Å². The van der Waals surface area contributed by atoms with Crippen molar-refractivity contribution in [1.82, 2.24) is 15.0 Å². The average Bonchev–Trinajstić information content (AvgIpc) is 3.51. The fraction of sp³-hybridized carbons (Fsp3) is 0. The van der Waals surface area contributed by atoms with E-state index in [1.807, 2.05) is 36.4 Å². The molecular formula is C33H21N3O. The van der Waals surface area contributed by atoms with Gasteiger partial charge in [-0.3, -0.25) is 0 Å². The Balaban J connectivity index is 1.60. The maximum atomic E-state index is 9.22. The zero-order valence-electron chi connectivity index (χ0n) is 30.0. The Labute approximate surface area is 229 Å². The summed E-state index contributed by atoms with van der Waals surface area (Å²) in [5, 5.41) is -0.369. The van der Waals surface area contributed by atoms with Gasteiger partial charge in [-0.2, -0.15) is 0 Å². The highest BCUT2D eigenvalue weighted by Crippen LogP contribution is 2.38. The summed E-state index contributed by atoms with van der Waals surface area (Å²) in [7, 11) is 0. The molecular weight excluding hydrogens is 454 g/mol. The summed E-state index contributed by atoms with van der Waals surface area (Å²) < 4.78 is 101. The predicted molar refractivity (Wildman–Crippen MR) is 149 cm³/mol. The lowest BCUT2D eigenvalue weighted by Gasteiger charge is -2.08. The lowest BCUT2D eigenvalue weighted by Crippen LogP contribution is -2.00. The third kappa shape index (κ3) is 3.85. The van der Waals surface area contributed by atoms with Crippen LogP contribution in [-0.4, -0.2) is 15.0 Å². The number of benzene rings is 5. The van der Waals surface area contributed by atoms with Crippen molar-refractivity contribution < 1.29 is 19.5 Å². The number of hydrogen-bond donors (Lipinski definition) is 0. The first kappa shape index (κ1) is 12.7. The highest BCUT2D eigenvalue weighted by atomic mass is 16.3. The van der Waals surface area contributed by atoms with Crippen LogP contribution < -0.4 is 0 Å². The summed E-state index contributed by atoms with van der Waals surface area (Å²) in [6.45, 7) is 0. The van der Waals surface area contributed by atoms with Crippen LogP contribution in [0.15, 0.2) is 132 Å². The number of fused-ring (bicyclic) bond motifs is 3. The molecule has 0 aliphatic heterocycles. The molecule has 37 heavy (non-hydrogen) atoms. The van der Waals surface area contributed by atoms with Crippen LogP contribution in [0.1, 0.15) is 15.1 Å². The van der Waals surface area contributed by atoms with Gasteiger partial charge in [0.05, 0.1) is 15.1 Å². The Hall–Kier alpha value is -5.09. The van der Waals surface area contributed by atoms with Crippen LogP contribution in [0, 0.1) is 0 Å². The number of hydrogen-bond acceptors (Lipinski definition) is 4. The first-order chi connectivity index (χ1) is 22.9. The van der Waals surface area contributed by atoms with Gasteiger partial charge in [0.2, 0.25) is 0 Å². The standard InChI is InChI=1S/C33H21N3O/c1-4-11-22(12-5-1)26-17-10-18-28-30(26)27-20-19-25(21-29(27)37-28)33-35-31(23-13-6-2-7-14-23)34-32(36-33)24-15-8-3-9-16-24/h1-21H/i1D,4D,5D,10D,11D,12D,17D,18D,19D,20D,21D. The van der Waals surface area contributed by atoms with E-state index >= 15 is 0 Å². The fourth-order valence-corrected chi connectivity index (χ4v) is 4.04. The van der Waals surface area contributed by atoms with Crippen molar-refractivity contribution in [3.8, 4) is 45.3 Å². The molecule has 0 amide bonds. The molecule has 0 aliphatic carbocycles. The minimum atomic E-state index is -0.679. The molecule has 0 aliphatic rings. The number of rotatable bonds is 4. The molecule has 0 radical (unpaired) electrons. The van der Waals surface area contributed by atoms with Crippen molar-refractivity contribution in [2.75, 3.05) is 0 Å². The van der Waals surface area contributed by atoms with E-state index in [4.69, 9.17) is 18.1 Å². The summed E-state index contributed by atoms with van der Waals surface area (Å²) in [5.41, 5.74) is -0.268. The number of furan rings is 1. The second-order valence-corrected chi connectivity index (χ2v) is 8.05. The summed E-state index contributed by atoms with van der Waals surface area (Å²) in [6.07, 6.45) is 0. The molecule has 0 saturated heterocycles. The molecule has 0 spiro atoms. The summed E-state index contributed by atoms with van der Waals surface area (Å²) in [4.78, 5) is 13.8. The first-order valence-electron chi connectivity index (χ1n) is 16.8. The summed E-state index contributed by atoms with van der Waals surface area (Å²) in [5.74, 6) is 0.418. The normalized spacial score (nSPS) is 15.4. The van der Waals surface area contributed by atoms with Crippen molar-refractivity contribution in [2.45, 2.75) is 0 Å². The largest absolute Gasteiger partial charge is 0.456 e. The second kappa shape index (κ2) is 8.85. The highest BCUT2D eigenvalue weighted by molar-refractivity contribution is 6.12. The molecule has 0 saturated carbocycles. The first-order valence-corrected chi connectivity index (χ1v) is 11.3. The number of nitrogens with zero attached hydrogens (tertiary/aromatic N) is 3. The monoisotopic (exact) mass is 486 g/mol. The topological polar surface area (TPSA) is 51.8 Å². The van der Waals surface area contributed by atoms with Crippen molar-refractivity contribution in [1.29, 1.82) is 0 Å². The average molecular weight is 487 g/mol.